The van der Waals surface area contributed by atoms with Crippen molar-refractivity contribution in [2.75, 3.05) is 5.32 Å². The third-order valence-corrected chi connectivity index (χ3v) is 3.89. The number of rotatable bonds is 4. The Labute approximate surface area is 129 Å². The quantitative estimate of drug-likeness (QED) is 0.881. The van der Waals surface area contributed by atoms with Crippen molar-refractivity contribution in [1.29, 1.82) is 0 Å². The average Bonchev–Trinajstić information content (AvgIpc) is 2.92. The van der Waals surface area contributed by atoms with Crippen LogP contribution < -0.4 is 5.32 Å². The van der Waals surface area contributed by atoms with Crippen molar-refractivity contribution in [3.8, 4) is 11.3 Å². The van der Waals surface area contributed by atoms with Crippen molar-refractivity contribution in [1.82, 2.24) is 9.78 Å². The van der Waals surface area contributed by atoms with Crippen LogP contribution in [0.4, 0.5) is 5.82 Å². The summed E-state index contributed by atoms with van der Waals surface area (Å²) in [5.41, 5.74) is 1.61. The number of hydrogen-bond donors (Lipinski definition) is 1. The van der Waals surface area contributed by atoms with Gasteiger partial charge < -0.3 is 5.32 Å². The van der Waals surface area contributed by atoms with E-state index >= 15 is 0 Å². The van der Waals surface area contributed by atoms with E-state index in [4.69, 9.17) is 0 Å². The largest absolute Gasteiger partial charge is 0.310 e. The van der Waals surface area contributed by atoms with Gasteiger partial charge in [0.1, 0.15) is 11.7 Å². The van der Waals surface area contributed by atoms with E-state index in [2.05, 4.69) is 24.3 Å². The SMILES string of the molecule is CC(C)CC[C@H]1C(=O)Nc2cc(-c3ccccc3)nn2C1=O. The molecule has 0 aliphatic carbocycles. The number of fused-ring (bicyclic) bond motifs is 1. The Morgan fingerprint density at radius 1 is 1.23 bits per heavy atom. The number of hydrogen-bond acceptors (Lipinski definition) is 3. The van der Waals surface area contributed by atoms with Crippen molar-refractivity contribution in [3.63, 3.8) is 0 Å². The van der Waals surface area contributed by atoms with Crippen LogP contribution in [0.15, 0.2) is 36.4 Å². The molecule has 5 heteroatoms. The zero-order valence-electron chi connectivity index (χ0n) is 12.7. The van der Waals surface area contributed by atoms with Crippen LogP contribution in [0.2, 0.25) is 0 Å². The molecule has 0 unspecified atom stereocenters. The second kappa shape index (κ2) is 5.75. The molecule has 3 rings (SSSR count). The Balaban J connectivity index is 1.89. The van der Waals surface area contributed by atoms with Gasteiger partial charge in [-0.2, -0.15) is 9.78 Å². The van der Waals surface area contributed by atoms with Crippen LogP contribution in [0, 0.1) is 11.8 Å². The Morgan fingerprint density at radius 3 is 2.64 bits per heavy atom. The van der Waals surface area contributed by atoms with Gasteiger partial charge in [0.25, 0.3) is 5.91 Å². The Kier molecular flexibility index (Phi) is 3.79. The van der Waals surface area contributed by atoms with Gasteiger partial charge in [-0.1, -0.05) is 44.2 Å². The molecule has 2 heterocycles. The fourth-order valence-electron chi connectivity index (χ4n) is 2.62. The highest BCUT2D eigenvalue weighted by molar-refractivity contribution is 6.11. The maximum absolute atomic E-state index is 12.5. The fourth-order valence-corrected chi connectivity index (χ4v) is 2.62. The molecular weight excluding hydrogens is 278 g/mol. The number of carbonyl (C=O) groups is 2. The molecule has 1 aliphatic heterocycles. The van der Waals surface area contributed by atoms with Gasteiger partial charge in [0.05, 0.1) is 5.69 Å². The summed E-state index contributed by atoms with van der Waals surface area (Å²) in [6.07, 6.45) is 1.40. The molecule has 114 valence electrons. The third-order valence-electron chi connectivity index (χ3n) is 3.89. The van der Waals surface area contributed by atoms with Gasteiger partial charge in [0.15, 0.2) is 0 Å². The van der Waals surface area contributed by atoms with Gasteiger partial charge in [0, 0.05) is 11.6 Å². The molecule has 22 heavy (non-hydrogen) atoms. The van der Waals surface area contributed by atoms with Crippen LogP contribution in [0.25, 0.3) is 11.3 Å². The van der Waals surface area contributed by atoms with E-state index in [0.29, 0.717) is 23.9 Å². The summed E-state index contributed by atoms with van der Waals surface area (Å²) >= 11 is 0. The first-order valence-electron chi connectivity index (χ1n) is 7.57. The second-order valence-corrected chi connectivity index (χ2v) is 6.04. The maximum Gasteiger partial charge on any atom is 0.261 e. The molecule has 1 aromatic heterocycles. The van der Waals surface area contributed by atoms with Gasteiger partial charge in [-0.25, -0.2) is 0 Å². The second-order valence-electron chi connectivity index (χ2n) is 6.04. The number of carbonyl (C=O) groups excluding carboxylic acids is 2. The number of aromatic nitrogens is 2. The van der Waals surface area contributed by atoms with Gasteiger partial charge >= 0.3 is 0 Å². The summed E-state index contributed by atoms with van der Waals surface area (Å²) in [6.45, 7) is 4.16. The smallest absolute Gasteiger partial charge is 0.261 e. The zero-order chi connectivity index (χ0) is 15.7. The average molecular weight is 297 g/mol. The van der Waals surface area contributed by atoms with E-state index in [0.717, 1.165) is 12.0 Å². The van der Waals surface area contributed by atoms with Crippen LogP contribution in [-0.4, -0.2) is 21.6 Å². The lowest BCUT2D eigenvalue weighted by atomic mass is 9.95. The van der Waals surface area contributed by atoms with Gasteiger partial charge in [-0.3, -0.25) is 9.59 Å². The van der Waals surface area contributed by atoms with Crippen LogP contribution in [0.5, 0.6) is 0 Å². The Morgan fingerprint density at radius 2 is 1.95 bits per heavy atom. The fraction of sp³-hybridized carbons (Fsp3) is 0.353. The Hall–Kier alpha value is -2.43. The number of benzene rings is 1. The normalized spacial score (nSPS) is 17.5. The van der Waals surface area contributed by atoms with E-state index < -0.39 is 5.92 Å². The minimum atomic E-state index is -0.640. The lowest BCUT2D eigenvalue weighted by Gasteiger charge is -2.22. The van der Waals surface area contributed by atoms with Crippen molar-refractivity contribution in [2.24, 2.45) is 11.8 Å². The molecule has 0 spiro atoms. The number of nitrogens with one attached hydrogen (secondary N) is 1. The van der Waals surface area contributed by atoms with Crippen molar-refractivity contribution in [2.45, 2.75) is 26.7 Å². The molecule has 5 nitrogen and oxygen atoms in total. The van der Waals surface area contributed by atoms with E-state index in [1.807, 2.05) is 30.3 Å². The molecule has 0 radical (unpaired) electrons. The van der Waals surface area contributed by atoms with Crippen molar-refractivity contribution < 1.29 is 9.59 Å². The summed E-state index contributed by atoms with van der Waals surface area (Å²) in [5.74, 6) is -0.188. The number of nitrogens with zero attached hydrogens (tertiary/aromatic N) is 2. The molecule has 0 saturated carbocycles. The summed E-state index contributed by atoms with van der Waals surface area (Å²) < 4.78 is 1.33. The molecule has 0 saturated heterocycles. The van der Waals surface area contributed by atoms with E-state index in [9.17, 15) is 9.59 Å². The summed E-state index contributed by atoms with van der Waals surface area (Å²) in [7, 11) is 0. The maximum atomic E-state index is 12.5. The third kappa shape index (κ3) is 2.66. The standard InChI is InChI=1S/C17H19N3O2/c1-11(2)8-9-13-16(21)18-15-10-14(19-20(15)17(13)22)12-6-4-3-5-7-12/h3-7,10-11,13H,8-9H2,1-2H3,(H,18,21)/t13-/m0/s1. The van der Waals surface area contributed by atoms with E-state index in [1.54, 1.807) is 6.07 Å². The summed E-state index contributed by atoms with van der Waals surface area (Å²) in [4.78, 5) is 24.7. The first-order valence-corrected chi connectivity index (χ1v) is 7.57. The molecule has 1 amide bonds. The first-order chi connectivity index (χ1) is 10.6. The van der Waals surface area contributed by atoms with E-state index in [-0.39, 0.29) is 11.8 Å². The van der Waals surface area contributed by atoms with E-state index in [1.165, 1.54) is 4.68 Å². The first kappa shape index (κ1) is 14.5. The molecule has 1 N–H and O–H groups in total. The van der Waals surface area contributed by atoms with Crippen molar-refractivity contribution >= 4 is 17.6 Å². The predicted octanol–water partition coefficient (Wildman–Crippen LogP) is 3.19. The molecule has 1 atom stereocenters. The van der Waals surface area contributed by atoms with Gasteiger partial charge in [-0.15, -0.1) is 0 Å². The Bertz CT molecular complexity index is 704. The topological polar surface area (TPSA) is 64.0 Å². The molecule has 1 aromatic carbocycles. The van der Waals surface area contributed by atoms with Crippen LogP contribution in [-0.2, 0) is 4.79 Å². The molecular formula is C17H19N3O2. The van der Waals surface area contributed by atoms with Crippen LogP contribution in [0.3, 0.4) is 0 Å². The van der Waals surface area contributed by atoms with Gasteiger partial charge in [0.2, 0.25) is 5.91 Å². The molecule has 0 fully saturated rings. The minimum absolute atomic E-state index is 0.224. The lowest BCUT2D eigenvalue weighted by Crippen LogP contribution is -2.39. The highest BCUT2D eigenvalue weighted by Crippen LogP contribution is 2.27. The highest BCUT2D eigenvalue weighted by Gasteiger charge is 2.35. The summed E-state index contributed by atoms with van der Waals surface area (Å²) in [5, 5.41) is 7.16. The molecule has 1 aliphatic rings. The predicted molar refractivity (Wildman–Crippen MR) is 84.5 cm³/mol. The summed E-state index contributed by atoms with van der Waals surface area (Å²) in [6, 6.07) is 11.4. The molecule has 0 bridgehead atoms. The van der Waals surface area contributed by atoms with Gasteiger partial charge in [-0.05, 0) is 18.8 Å². The zero-order valence-corrected chi connectivity index (χ0v) is 12.7. The highest BCUT2D eigenvalue weighted by atomic mass is 16.2. The van der Waals surface area contributed by atoms with Crippen molar-refractivity contribution in [3.05, 3.63) is 36.4 Å². The number of amides is 1. The molecule has 2 aromatic rings. The van der Waals surface area contributed by atoms with Crippen LogP contribution >= 0.6 is 0 Å². The lowest BCUT2D eigenvalue weighted by molar-refractivity contribution is -0.119. The number of anilines is 1. The minimum Gasteiger partial charge on any atom is -0.310 e. The van der Waals surface area contributed by atoms with Crippen LogP contribution in [0.1, 0.15) is 31.5 Å². The monoisotopic (exact) mass is 297 g/mol.